The predicted octanol–water partition coefficient (Wildman–Crippen LogP) is 2.45. The minimum atomic E-state index is 0.0701. The number of likely N-dealkylation sites (tertiary alicyclic amines) is 1. The van der Waals surface area contributed by atoms with Gasteiger partial charge >= 0.3 is 0 Å². The molecule has 0 spiro atoms. The van der Waals surface area contributed by atoms with E-state index < -0.39 is 0 Å². The summed E-state index contributed by atoms with van der Waals surface area (Å²) < 4.78 is 0. The van der Waals surface area contributed by atoms with Crippen molar-refractivity contribution in [3.8, 4) is 0 Å². The van der Waals surface area contributed by atoms with Gasteiger partial charge in [-0.15, -0.1) is 22.7 Å². The molecule has 3 aromatic rings. The zero-order chi connectivity index (χ0) is 16.1. The second kappa shape index (κ2) is 5.79. The largest absolute Gasteiger partial charge is 0.322 e. The number of aryl methyl sites for hydroxylation is 2. The average molecular weight is 359 g/mol. The third-order valence-electron chi connectivity index (χ3n) is 5.39. The standard InChI is InChI=1S/C18H19N3OS2/c22-17-16-11-4-1-6-13(11)24-18(16)20-15(19-17)10-21-8-2-5-12(21)14-7-3-9-23-14/h3,7,9,12H,1-2,4-6,8,10H2,(H,19,20,22)/p+1/t12-/m0/s1. The van der Waals surface area contributed by atoms with E-state index in [1.807, 2.05) is 11.3 Å². The minimum absolute atomic E-state index is 0.0701. The predicted molar refractivity (Wildman–Crippen MR) is 98.1 cm³/mol. The number of nitrogens with zero attached hydrogens (tertiary/aromatic N) is 1. The number of aromatic amines is 1. The molecule has 1 fully saturated rings. The highest BCUT2D eigenvalue weighted by Gasteiger charge is 2.31. The van der Waals surface area contributed by atoms with Gasteiger partial charge in [0.15, 0.2) is 5.82 Å². The maximum atomic E-state index is 12.6. The Morgan fingerprint density at radius 1 is 1.33 bits per heavy atom. The van der Waals surface area contributed by atoms with Crippen molar-refractivity contribution in [3.63, 3.8) is 0 Å². The quantitative estimate of drug-likeness (QED) is 0.756. The Morgan fingerprint density at radius 3 is 3.17 bits per heavy atom. The lowest BCUT2D eigenvalue weighted by Gasteiger charge is -2.19. The Hall–Kier alpha value is -1.50. The van der Waals surface area contributed by atoms with Crippen molar-refractivity contribution in [1.29, 1.82) is 0 Å². The molecule has 4 nitrogen and oxygen atoms in total. The molecule has 0 bridgehead atoms. The number of hydrogen-bond acceptors (Lipinski definition) is 4. The van der Waals surface area contributed by atoms with Gasteiger partial charge in [-0.1, -0.05) is 6.07 Å². The summed E-state index contributed by atoms with van der Waals surface area (Å²) in [5.74, 6) is 0.853. The first-order chi connectivity index (χ1) is 11.8. The van der Waals surface area contributed by atoms with Crippen molar-refractivity contribution in [1.82, 2.24) is 9.97 Å². The van der Waals surface area contributed by atoms with Gasteiger partial charge in [0, 0.05) is 17.7 Å². The van der Waals surface area contributed by atoms with Crippen LogP contribution in [0.5, 0.6) is 0 Å². The first-order valence-electron chi connectivity index (χ1n) is 8.71. The zero-order valence-corrected chi connectivity index (χ0v) is 15.1. The molecule has 6 heteroatoms. The summed E-state index contributed by atoms with van der Waals surface area (Å²) in [6.45, 7) is 1.97. The monoisotopic (exact) mass is 358 g/mol. The van der Waals surface area contributed by atoms with Crippen molar-refractivity contribution < 1.29 is 4.90 Å². The van der Waals surface area contributed by atoms with Gasteiger partial charge in [-0.05, 0) is 36.3 Å². The number of hydrogen-bond donors (Lipinski definition) is 2. The van der Waals surface area contributed by atoms with Crippen LogP contribution in [0.1, 0.15) is 46.4 Å². The van der Waals surface area contributed by atoms with E-state index in [2.05, 4.69) is 22.5 Å². The summed E-state index contributed by atoms with van der Waals surface area (Å²) in [7, 11) is 0. The number of rotatable bonds is 3. The van der Waals surface area contributed by atoms with E-state index >= 15 is 0 Å². The molecule has 1 saturated heterocycles. The van der Waals surface area contributed by atoms with Crippen LogP contribution in [0.4, 0.5) is 0 Å². The van der Waals surface area contributed by atoms with E-state index in [1.54, 1.807) is 11.3 Å². The number of H-pyrrole nitrogens is 1. The van der Waals surface area contributed by atoms with Crippen LogP contribution in [0.15, 0.2) is 22.3 Å². The lowest BCUT2D eigenvalue weighted by molar-refractivity contribution is -0.932. The maximum Gasteiger partial charge on any atom is 0.260 e. The van der Waals surface area contributed by atoms with Crippen molar-refractivity contribution >= 4 is 32.9 Å². The minimum Gasteiger partial charge on any atom is -0.322 e. The SMILES string of the molecule is O=c1[nH]c(C[NH+]2CCC[C@H]2c2cccs2)nc2sc3c(c12)CCC3. The number of quaternary nitrogens is 1. The fourth-order valence-corrected chi connectivity index (χ4v) is 6.50. The van der Waals surface area contributed by atoms with Gasteiger partial charge in [0.1, 0.15) is 17.4 Å². The molecule has 5 rings (SSSR count). The van der Waals surface area contributed by atoms with Gasteiger partial charge in [0.05, 0.1) is 16.8 Å². The molecule has 1 aliphatic heterocycles. The van der Waals surface area contributed by atoms with Crippen LogP contribution in [0.25, 0.3) is 10.2 Å². The molecule has 24 heavy (non-hydrogen) atoms. The smallest absolute Gasteiger partial charge is 0.260 e. The molecule has 124 valence electrons. The van der Waals surface area contributed by atoms with Crippen molar-refractivity contribution in [2.24, 2.45) is 0 Å². The summed E-state index contributed by atoms with van der Waals surface area (Å²) in [4.78, 5) is 25.8. The first kappa shape index (κ1) is 14.8. The van der Waals surface area contributed by atoms with E-state index in [1.165, 1.54) is 39.5 Å². The van der Waals surface area contributed by atoms with E-state index in [-0.39, 0.29) is 5.56 Å². The summed E-state index contributed by atoms with van der Waals surface area (Å²) in [6, 6.07) is 4.93. The van der Waals surface area contributed by atoms with E-state index in [0.29, 0.717) is 6.04 Å². The maximum absolute atomic E-state index is 12.6. The van der Waals surface area contributed by atoms with E-state index in [0.717, 1.165) is 42.0 Å². The zero-order valence-electron chi connectivity index (χ0n) is 13.4. The molecule has 1 aliphatic carbocycles. The lowest BCUT2D eigenvalue weighted by Crippen LogP contribution is -3.09. The fraction of sp³-hybridized carbons (Fsp3) is 0.444. The third kappa shape index (κ3) is 2.36. The Bertz CT molecular complexity index is 941. The van der Waals surface area contributed by atoms with Crippen molar-refractivity contribution in [2.45, 2.75) is 44.7 Å². The second-order valence-corrected chi connectivity index (χ2v) is 8.91. The number of aromatic nitrogens is 2. The number of nitrogens with one attached hydrogen (secondary N) is 2. The summed E-state index contributed by atoms with van der Waals surface area (Å²) in [5.41, 5.74) is 1.33. The topological polar surface area (TPSA) is 50.2 Å². The van der Waals surface area contributed by atoms with Gasteiger partial charge in [-0.25, -0.2) is 4.98 Å². The van der Waals surface area contributed by atoms with Crippen molar-refractivity contribution in [2.75, 3.05) is 6.54 Å². The van der Waals surface area contributed by atoms with Crippen molar-refractivity contribution in [3.05, 3.63) is 49.0 Å². The van der Waals surface area contributed by atoms with Crippen LogP contribution in [-0.2, 0) is 19.4 Å². The van der Waals surface area contributed by atoms with Crippen LogP contribution >= 0.6 is 22.7 Å². The van der Waals surface area contributed by atoms with Crippen LogP contribution in [0.3, 0.4) is 0 Å². The molecule has 3 aromatic heterocycles. The average Bonchev–Trinajstić information content (AvgIpc) is 3.30. The molecule has 0 amide bonds. The molecule has 0 saturated carbocycles. The normalized spacial score (nSPS) is 23.2. The molecule has 2 atom stereocenters. The number of thiophene rings is 2. The second-order valence-electron chi connectivity index (χ2n) is 6.85. The molecular weight excluding hydrogens is 338 g/mol. The molecule has 0 radical (unpaired) electrons. The summed E-state index contributed by atoms with van der Waals surface area (Å²) >= 11 is 3.58. The van der Waals surface area contributed by atoms with Gasteiger partial charge in [-0.3, -0.25) is 4.79 Å². The summed E-state index contributed by atoms with van der Waals surface area (Å²) in [5, 5.41) is 3.02. The molecule has 4 heterocycles. The highest BCUT2D eigenvalue weighted by Crippen LogP contribution is 2.34. The first-order valence-corrected chi connectivity index (χ1v) is 10.4. The molecule has 1 unspecified atom stereocenters. The van der Waals surface area contributed by atoms with Gasteiger partial charge in [0.2, 0.25) is 0 Å². The van der Waals surface area contributed by atoms with Crippen LogP contribution in [0, 0.1) is 0 Å². The van der Waals surface area contributed by atoms with Gasteiger partial charge in [0.25, 0.3) is 5.56 Å². The van der Waals surface area contributed by atoms with Gasteiger partial charge in [-0.2, -0.15) is 0 Å². The van der Waals surface area contributed by atoms with Crippen LogP contribution in [-0.4, -0.2) is 16.5 Å². The van der Waals surface area contributed by atoms with E-state index in [9.17, 15) is 4.79 Å². The molecule has 2 N–H and O–H groups in total. The van der Waals surface area contributed by atoms with Gasteiger partial charge < -0.3 is 9.88 Å². The summed E-state index contributed by atoms with van der Waals surface area (Å²) in [6.07, 6.45) is 5.81. The van der Waals surface area contributed by atoms with E-state index in [4.69, 9.17) is 4.98 Å². The van der Waals surface area contributed by atoms with Crippen LogP contribution in [0.2, 0.25) is 0 Å². The molecule has 0 aromatic carbocycles. The Kier molecular flexibility index (Phi) is 3.57. The lowest BCUT2D eigenvalue weighted by atomic mass is 10.2. The van der Waals surface area contributed by atoms with Crippen LogP contribution < -0.4 is 10.5 Å². The molecular formula is C18H20N3OS2+. The number of fused-ring (bicyclic) bond motifs is 3. The Labute approximate surface area is 148 Å². The highest BCUT2D eigenvalue weighted by atomic mass is 32.1. The fourth-order valence-electron chi connectivity index (χ4n) is 4.30. The highest BCUT2D eigenvalue weighted by molar-refractivity contribution is 7.18. The third-order valence-corrected chi connectivity index (χ3v) is 7.56. The molecule has 2 aliphatic rings. The Balaban J connectivity index is 1.48. The Morgan fingerprint density at radius 2 is 2.29 bits per heavy atom.